The van der Waals surface area contributed by atoms with Crippen LogP contribution < -0.4 is 5.73 Å². The Kier molecular flexibility index (Phi) is 2.76. The van der Waals surface area contributed by atoms with Crippen molar-refractivity contribution < 1.29 is 5.11 Å². The summed E-state index contributed by atoms with van der Waals surface area (Å²) in [5, 5.41) is 13.7. The molecule has 3 nitrogen and oxygen atoms in total. The van der Waals surface area contributed by atoms with Gasteiger partial charge in [0.05, 0.1) is 10.7 Å². The third kappa shape index (κ3) is 1.65. The first-order chi connectivity index (χ1) is 8.15. The monoisotopic (exact) mass is 252 g/mol. The highest BCUT2D eigenvalue weighted by Gasteiger charge is 2.54. The fourth-order valence-electron chi connectivity index (χ4n) is 3.98. The Balaban J connectivity index is 1.91. The Labute approximate surface area is 106 Å². The van der Waals surface area contributed by atoms with E-state index in [-0.39, 0.29) is 5.41 Å². The lowest BCUT2D eigenvalue weighted by Gasteiger charge is -2.40. The van der Waals surface area contributed by atoms with E-state index >= 15 is 0 Å². The standard InChI is InChI=1S/C13H20N2OS/c1-8-15-11(6-17-8)12(16)13(7-14)5-9-2-3-10(13)4-9/h6,9-10,12,16H,2-5,7,14H2,1H3. The molecule has 3 N–H and O–H groups in total. The fraction of sp³-hybridized carbons (Fsp3) is 0.769. The van der Waals surface area contributed by atoms with Crippen molar-refractivity contribution in [3.63, 3.8) is 0 Å². The number of hydrogen-bond acceptors (Lipinski definition) is 4. The molecule has 4 atom stereocenters. The molecular weight excluding hydrogens is 232 g/mol. The zero-order valence-electron chi connectivity index (χ0n) is 10.2. The van der Waals surface area contributed by atoms with Crippen LogP contribution in [0.3, 0.4) is 0 Å². The maximum absolute atomic E-state index is 10.7. The lowest BCUT2D eigenvalue weighted by atomic mass is 9.68. The molecule has 2 aliphatic carbocycles. The molecule has 17 heavy (non-hydrogen) atoms. The Morgan fingerprint density at radius 2 is 2.47 bits per heavy atom. The van der Waals surface area contributed by atoms with Crippen molar-refractivity contribution in [3.05, 3.63) is 16.1 Å². The minimum absolute atomic E-state index is 0.0938. The quantitative estimate of drug-likeness (QED) is 0.867. The van der Waals surface area contributed by atoms with Gasteiger partial charge in [-0.05, 0) is 38.0 Å². The van der Waals surface area contributed by atoms with E-state index in [9.17, 15) is 5.11 Å². The van der Waals surface area contributed by atoms with Gasteiger partial charge in [0.25, 0.3) is 0 Å². The van der Waals surface area contributed by atoms with E-state index in [2.05, 4.69) is 4.98 Å². The number of thiazole rings is 1. The summed E-state index contributed by atoms with van der Waals surface area (Å²) in [6, 6.07) is 0. The number of rotatable bonds is 3. The van der Waals surface area contributed by atoms with Crippen LogP contribution in [0.1, 0.15) is 42.5 Å². The Morgan fingerprint density at radius 1 is 1.65 bits per heavy atom. The molecule has 3 rings (SSSR count). The summed E-state index contributed by atoms with van der Waals surface area (Å²) in [7, 11) is 0. The molecule has 4 heteroatoms. The molecule has 2 aliphatic rings. The maximum Gasteiger partial charge on any atom is 0.104 e. The molecule has 0 spiro atoms. The van der Waals surface area contributed by atoms with E-state index in [1.807, 2.05) is 12.3 Å². The van der Waals surface area contributed by atoms with Gasteiger partial charge in [-0.1, -0.05) is 6.42 Å². The van der Waals surface area contributed by atoms with E-state index in [4.69, 9.17) is 5.73 Å². The lowest BCUT2D eigenvalue weighted by molar-refractivity contribution is -0.0154. The summed E-state index contributed by atoms with van der Waals surface area (Å²) < 4.78 is 0. The van der Waals surface area contributed by atoms with Crippen molar-refractivity contribution in [2.24, 2.45) is 23.0 Å². The molecule has 0 saturated heterocycles. The molecule has 1 aromatic rings. The van der Waals surface area contributed by atoms with Crippen LogP contribution in [-0.4, -0.2) is 16.6 Å². The average Bonchev–Trinajstić information content (AvgIpc) is 3.02. The second kappa shape index (κ2) is 4.04. The lowest BCUT2D eigenvalue weighted by Crippen LogP contribution is -2.41. The van der Waals surface area contributed by atoms with Gasteiger partial charge in [-0.2, -0.15) is 0 Å². The Morgan fingerprint density at radius 3 is 2.94 bits per heavy atom. The molecule has 2 bridgehead atoms. The molecular formula is C13H20N2OS. The van der Waals surface area contributed by atoms with Crippen molar-refractivity contribution in [1.29, 1.82) is 0 Å². The first-order valence-corrected chi connectivity index (χ1v) is 7.34. The summed E-state index contributed by atoms with van der Waals surface area (Å²) in [6.07, 6.45) is 4.45. The van der Waals surface area contributed by atoms with Crippen LogP contribution >= 0.6 is 11.3 Å². The van der Waals surface area contributed by atoms with Crippen LogP contribution in [0.15, 0.2) is 5.38 Å². The molecule has 2 fully saturated rings. The zero-order chi connectivity index (χ0) is 12.0. The zero-order valence-corrected chi connectivity index (χ0v) is 11.0. The van der Waals surface area contributed by atoms with Crippen LogP contribution in [0.5, 0.6) is 0 Å². The predicted molar refractivity (Wildman–Crippen MR) is 68.7 cm³/mol. The minimum atomic E-state index is -0.465. The number of nitrogens with zero attached hydrogens (tertiary/aromatic N) is 1. The van der Waals surface area contributed by atoms with Crippen LogP contribution in [0.25, 0.3) is 0 Å². The van der Waals surface area contributed by atoms with E-state index in [0.29, 0.717) is 12.5 Å². The second-order valence-corrected chi connectivity index (χ2v) is 6.77. The van der Waals surface area contributed by atoms with Crippen molar-refractivity contribution in [3.8, 4) is 0 Å². The van der Waals surface area contributed by atoms with Crippen molar-refractivity contribution in [2.45, 2.75) is 38.7 Å². The summed E-state index contributed by atoms with van der Waals surface area (Å²) >= 11 is 1.61. The van der Waals surface area contributed by atoms with E-state index in [0.717, 1.165) is 23.0 Å². The highest BCUT2D eigenvalue weighted by Crippen LogP contribution is 2.60. The summed E-state index contributed by atoms with van der Waals surface area (Å²) in [4.78, 5) is 4.44. The minimum Gasteiger partial charge on any atom is -0.386 e. The SMILES string of the molecule is Cc1nc(C(O)C2(CN)CC3CCC2C3)cs1. The second-order valence-electron chi connectivity index (χ2n) is 5.71. The van der Waals surface area contributed by atoms with E-state index in [1.165, 1.54) is 19.3 Å². The number of aromatic nitrogens is 1. The normalized spacial score (nSPS) is 37.6. The number of aliphatic hydroxyl groups excluding tert-OH is 1. The van der Waals surface area contributed by atoms with Gasteiger partial charge in [0.15, 0.2) is 0 Å². The predicted octanol–water partition coefficient (Wildman–Crippen LogP) is 2.25. The number of aliphatic hydroxyl groups is 1. The van der Waals surface area contributed by atoms with Crippen molar-refractivity contribution in [2.75, 3.05) is 6.54 Å². The first-order valence-electron chi connectivity index (χ1n) is 6.46. The van der Waals surface area contributed by atoms with Crippen LogP contribution in [0, 0.1) is 24.2 Å². The molecule has 0 amide bonds. The average molecular weight is 252 g/mol. The Bertz CT molecular complexity index is 419. The molecule has 1 heterocycles. The van der Waals surface area contributed by atoms with Crippen LogP contribution in [0.4, 0.5) is 0 Å². The van der Waals surface area contributed by atoms with Gasteiger partial charge in [-0.25, -0.2) is 4.98 Å². The largest absolute Gasteiger partial charge is 0.386 e. The third-order valence-electron chi connectivity index (χ3n) is 4.86. The van der Waals surface area contributed by atoms with Gasteiger partial charge >= 0.3 is 0 Å². The fourth-order valence-corrected chi connectivity index (χ4v) is 4.61. The summed E-state index contributed by atoms with van der Waals surface area (Å²) in [5.41, 5.74) is 6.76. The van der Waals surface area contributed by atoms with E-state index < -0.39 is 6.10 Å². The number of nitrogens with two attached hydrogens (primary N) is 1. The number of hydrogen-bond donors (Lipinski definition) is 2. The molecule has 1 aromatic heterocycles. The molecule has 94 valence electrons. The molecule has 0 aliphatic heterocycles. The maximum atomic E-state index is 10.7. The van der Waals surface area contributed by atoms with Gasteiger partial charge in [-0.3, -0.25) is 0 Å². The van der Waals surface area contributed by atoms with Crippen LogP contribution in [-0.2, 0) is 0 Å². The highest BCUT2D eigenvalue weighted by atomic mass is 32.1. The Hall–Kier alpha value is -0.450. The first kappa shape index (κ1) is 11.6. The molecule has 2 saturated carbocycles. The highest BCUT2D eigenvalue weighted by molar-refractivity contribution is 7.09. The van der Waals surface area contributed by atoms with Gasteiger partial charge in [0, 0.05) is 17.3 Å². The smallest absolute Gasteiger partial charge is 0.104 e. The molecule has 4 unspecified atom stereocenters. The molecule has 0 radical (unpaired) electrons. The van der Waals surface area contributed by atoms with E-state index in [1.54, 1.807) is 11.3 Å². The van der Waals surface area contributed by atoms with Crippen molar-refractivity contribution >= 4 is 11.3 Å². The van der Waals surface area contributed by atoms with Gasteiger partial charge in [0.1, 0.15) is 6.10 Å². The summed E-state index contributed by atoms with van der Waals surface area (Å²) in [6.45, 7) is 2.57. The van der Waals surface area contributed by atoms with Crippen molar-refractivity contribution in [1.82, 2.24) is 4.98 Å². The topological polar surface area (TPSA) is 59.1 Å². The number of aryl methyl sites for hydroxylation is 1. The van der Waals surface area contributed by atoms with Gasteiger partial charge in [0.2, 0.25) is 0 Å². The summed E-state index contributed by atoms with van der Waals surface area (Å²) in [5.74, 6) is 1.40. The van der Waals surface area contributed by atoms with Gasteiger partial charge < -0.3 is 10.8 Å². The van der Waals surface area contributed by atoms with Crippen LogP contribution in [0.2, 0.25) is 0 Å². The third-order valence-corrected chi connectivity index (χ3v) is 5.66. The van der Waals surface area contributed by atoms with Gasteiger partial charge in [-0.15, -0.1) is 11.3 Å². The molecule has 0 aromatic carbocycles. The number of fused-ring (bicyclic) bond motifs is 2.